The highest BCUT2D eigenvalue weighted by Gasteiger charge is 2.28. The number of sulfonamides is 1. The first-order chi connectivity index (χ1) is 13.3. The van der Waals surface area contributed by atoms with Gasteiger partial charge in [-0.1, -0.05) is 29.8 Å². The number of aryl methyl sites for hydroxylation is 1. The van der Waals surface area contributed by atoms with Crippen LogP contribution >= 0.6 is 0 Å². The van der Waals surface area contributed by atoms with Gasteiger partial charge in [-0.25, -0.2) is 8.42 Å². The van der Waals surface area contributed by atoms with E-state index in [-0.39, 0.29) is 18.3 Å². The van der Waals surface area contributed by atoms with Crippen molar-refractivity contribution in [1.82, 2.24) is 9.29 Å². The van der Waals surface area contributed by atoms with Crippen LogP contribution in [0.4, 0.5) is 0 Å². The zero-order chi connectivity index (χ0) is 20.1. The maximum absolute atomic E-state index is 12.7. The van der Waals surface area contributed by atoms with Crippen molar-refractivity contribution < 1.29 is 17.9 Å². The van der Waals surface area contributed by atoms with E-state index in [1.54, 1.807) is 12.1 Å². The van der Waals surface area contributed by atoms with Crippen LogP contribution in [0.1, 0.15) is 34.5 Å². The number of benzene rings is 1. The zero-order valence-electron chi connectivity index (χ0n) is 15.6. The molecule has 1 aliphatic rings. The molecule has 0 aliphatic carbocycles. The van der Waals surface area contributed by atoms with Gasteiger partial charge < -0.3 is 10.5 Å². The van der Waals surface area contributed by atoms with Crippen LogP contribution in [0.15, 0.2) is 48.0 Å². The number of carbonyl (C=O) groups excluding carboxylic acids is 1. The van der Waals surface area contributed by atoms with Gasteiger partial charge in [-0.3, -0.25) is 9.78 Å². The fourth-order valence-electron chi connectivity index (χ4n) is 2.97. The second kappa shape index (κ2) is 8.53. The minimum absolute atomic E-state index is 0.110. The summed E-state index contributed by atoms with van der Waals surface area (Å²) in [6.45, 7) is 2.67. The van der Waals surface area contributed by atoms with E-state index in [2.05, 4.69) is 4.98 Å². The maximum Gasteiger partial charge on any atom is 0.267 e. The van der Waals surface area contributed by atoms with Crippen molar-refractivity contribution in [2.24, 2.45) is 5.73 Å². The molecule has 1 unspecified atom stereocenters. The summed E-state index contributed by atoms with van der Waals surface area (Å²) in [5, 5.41) is 1.23. The Labute approximate surface area is 164 Å². The van der Waals surface area contributed by atoms with Gasteiger partial charge in [0, 0.05) is 24.2 Å². The van der Waals surface area contributed by atoms with E-state index in [4.69, 9.17) is 10.5 Å². The number of nitrogens with two attached hydrogens (primary N) is 1. The van der Waals surface area contributed by atoms with E-state index < -0.39 is 15.9 Å². The molecule has 2 N–H and O–H groups in total. The van der Waals surface area contributed by atoms with Crippen LogP contribution in [-0.4, -0.2) is 42.8 Å². The van der Waals surface area contributed by atoms with Gasteiger partial charge in [0.1, 0.15) is 17.5 Å². The molecule has 2 heterocycles. The lowest BCUT2D eigenvalue weighted by Crippen LogP contribution is -2.43. The summed E-state index contributed by atoms with van der Waals surface area (Å²) in [5.74, 6) is -0.192. The van der Waals surface area contributed by atoms with E-state index in [1.165, 1.54) is 22.0 Å². The molecule has 0 saturated carbocycles. The summed E-state index contributed by atoms with van der Waals surface area (Å²) in [7, 11) is -3.55. The second-order valence-corrected chi connectivity index (χ2v) is 8.56. The number of primary amides is 1. The fraction of sp³-hybridized carbons (Fsp3) is 0.300. The van der Waals surface area contributed by atoms with Gasteiger partial charge in [0.25, 0.3) is 5.91 Å². The Bertz CT molecular complexity index is 971. The predicted molar refractivity (Wildman–Crippen MR) is 107 cm³/mol. The average Bonchev–Trinajstić information content (AvgIpc) is 2.68. The van der Waals surface area contributed by atoms with Crippen LogP contribution in [0.5, 0.6) is 5.75 Å². The Morgan fingerprint density at radius 1 is 1.29 bits per heavy atom. The molecule has 28 heavy (non-hydrogen) atoms. The number of carbonyl (C=O) groups is 1. The smallest absolute Gasteiger partial charge is 0.267 e. The van der Waals surface area contributed by atoms with Gasteiger partial charge in [0.05, 0.1) is 6.54 Å². The maximum atomic E-state index is 12.7. The fourth-order valence-corrected chi connectivity index (χ4v) is 4.23. The van der Waals surface area contributed by atoms with Crippen molar-refractivity contribution in [2.75, 3.05) is 13.1 Å². The first kappa shape index (κ1) is 20.0. The molecule has 1 aromatic heterocycles. The highest BCUT2D eigenvalue weighted by Crippen LogP contribution is 2.21. The molecule has 1 saturated heterocycles. The first-order valence-electron chi connectivity index (χ1n) is 9.01. The third kappa shape index (κ3) is 5.17. The number of piperidine rings is 1. The third-order valence-corrected chi connectivity index (χ3v) is 6.03. The summed E-state index contributed by atoms with van der Waals surface area (Å²) < 4.78 is 32.6. The number of rotatable bonds is 6. The van der Waals surface area contributed by atoms with Crippen LogP contribution in [-0.2, 0) is 10.0 Å². The minimum Gasteiger partial charge on any atom is -0.489 e. The van der Waals surface area contributed by atoms with Gasteiger partial charge in [0.15, 0.2) is 0 Å². The second-order valence-electron chi connectivity index (χ2n) is 6.74. The molecule has 1 aromatic carbocycles. The minimum atomic E-state index is -3.55. The Morgan fingerprint density at radius 3 is 2.75 bits per heavy atom. The summed E-state index contributed by atoms with van der Waals surface area (Å²) in [6.07, 6.45) is 4.15. The Hall–Kier alpha value is -2.71. The monoisotopic (exact) mass is 401 g/mol. The molecular weight excluding hydrogens is 378 g/mol. The molecule has 1 aliphatic heterocycles. The molecule has 7 nitrogen and oxygen atoms in total. The van der Waals surface area contributed by atoms with E-state index in [0.717, 1.165) is 17.5 Å². The number of pyridine rings is 1. The third-order valence-electron chi connectivity index (χ3n) is 4.50. The van der Waals surface area contributed by atoms with Gasteiger partial charge in [0.2, 0.25) is 10.0 Å². The Kier molecular flexibility index (Phi) is 6.11. The van der Waals surface area contributed by atoms with Crippen LogP contribution < -0.4 is 10.5 Å². The van der Waals surface area contributed by atoms with Crippen molar-refractivity contribution in [3.63, 3.8) is 0 Å². The summed E-state index contributed by atoms with van der Waals surface area (Å²) in [6, 6.07) is 10.7. The molecule has 148 valence electrons. The molecule has 1 fully saturated rings. The van der Waals surface area contributed by atoms with Crippen molar-refractivity contribution in [3.8, 4) is 5.75 Å². The lowest BCUT2D eigenvalue weighted by atomic mass is 10.1. The first-order valence-corrected chi connectivity index (χ1v) is 10.5. The number of hydrogen-bond donors (Lipinski definition) is 1. The van der Waals surface area contributed by atoms with Crippen molar-refractivity contribution in [2.45, 2.75) is 25.9 Å². The average molecular weight is 401 g/mol. The lowest BCUT2D eigenvalue weighted by molar-refractivity contribution is 0.0993. The molecule has 1 amide bonds. The van der Waals surface area contributed by atoms with Crippen LogP contribution in [0.2, 0.25) is 0 Å². The normalized spacial score (nSPS) is 18.2. The van der Waals surface area contributed by atoms with Crippen molar-refractivity contribution in [1.29, 1.82) is 0 Å². The van der Waals surface area contributed by atoms with Crippen molar-refractivity contribution in [3.05, 3.63) is 64.8 Å². The molecule has 0 radical (unpaired) electrons. The topological polar surface area (TPSA) is 103 Å². The Balaban J connectivity index is 1.67. The summed E-state index contributed by atoms with van der Waals surface area (Å²) >= 11 is 0. The summed E-state index contributed by atoms with van der Waals surface area (Å²) in [4.78, 5) is 15.1. The predicted octanol–water partition coefficient (Wildman–Crippen LogP) is 2.33. The zero-order valence-corrected chi connectivity index (χ0v) is 16.4. The van der Waals surface area contributed by atoms with Crippen molar-refractivity contribution >= 4 is 22.0 Å². The molecule has 0 spiro atoms. The van der Waals surface area contributed by atoms with Gasteiger partial charge >= 0.3 is 0 Å². The van der Waals surface area contributed by atoms with E-state index >= 15 is 0 Å². The SMILES string of the molecule is Cc1ccc(/C=C/S(=O)(=O)N2CCCC(Oc3ccnc(C(N)=O)c3)C2)cc1. The molecule has 2 aromatic rings. The van der Waals surface area contributed by atoms with Gasteiger partial charge in [-0.15, -0.1) is 0 Å². The molecule has 8 heteroatoms. The number of ether oxygens (including phenoxy) is 1. The highest BCUT2D eigenvalue weighted by atomic mass is 32.2. The van der Waals surface area contributed by atoms with Crippen LogP contribution in [0.3, 0.4) is 0 Å². The van der Waals surface area contributed by atoms with Crippen LogP contribution in [0.25, 0.3) is 6.08 Å². The van der Waals surface area contributed by atoms with E-state index in [9.17, 15) is 13.2 Å². The van der Waals surface area contributed by atoms with E-state index in [1.807, 2.05) is 31.2 Å². The number of hydrogen-bond acceptors (Lipinski definition) is 5. The van der Waals surface area contributed by atoms with E-state index in [0.29, 0.717) is 18.7 Å². The number of aromatic nitrogens is 1. The van der Waals surface area contributed by atoms with Gasteiger partial charge in [-0.2, -0.15) is 4.31 Å². The van der Waals surface area contributed by atoms with Crippen LogP contribution in [0, 0.1) is 6.92 Å². The molecule has 1 atom stereocenters. The largest absolute Gasteiger partial charge is 0.489 e. The molecule has 0 bridgehead atoms. The highest BCUT2D eigenvalue weighted by molar-refractivity contribution is 7.92. The molecular formula is C20H23N3O4S. The quantitative estimate of drug-likeness (QED) is 0.800. The van der Waals surface area contributed by atoms with Gasteiger partial charge in [-0.05, 0) is 37.5 Å². The standard InChI is InChI=1S/C20H23N3O4S/c1-15-4-6-16(7-5-15)9-12-28(25,26)23-11-2-3-18(14-23)27-17-8-10-22-19(13-17)20(21)24/h4-10,12-13,18H,2-3,11,14H2,1H3,(H2,21,24)/b12-9+. The lowest BCUT2D eigenvalue weighted by Gasteiger charge is -2.31. The summed E-state index contributed by atoms with van der Waals surface area (Å²) in [5.41, 5.74) is 7.29. The number of nitrogens with zero attached hydrogens (tertiary/aromatic N) is 2. The Morgan fingerprint density at radius 2 is 2.04 bits per heavy atom. The molecule has 3 rings (SSSR count). The number of amides is 1.